The van der Waals surface area contributed by atoms with Gasteiger partial charge in [0.1, 0.15) is 0 Å². The van der Waals surface area contributed by atoms with Crippen molar-refractivity contribution in [2.75, 3.05) is 11.9 Å². The van der Waals surface area contributed by atoms with Crippen LogP contribution >= 0.6 is 22.9 Å². The van der Waals surface area contributed by atoms with Crippen molar-refractivity contribution in [1.82, 2.24) is 4.98 Å². The first-order chi connectivity index (χ1) is 7.34. The first-order valence-electron chi connectivity index (χ1n) is 4.72. The van der Waals surface area contributed by atoms with E-state index in [2.05, 4.69) is 10.3 Å². The molecular weight excluding hydrogens is 228 g/mol. The highest BCUT2D eigenvalue weighted by molar-refractivity contribution is 7.09. The standard InChI is InChI=1S/C11H11ClN2S/c12-9-2-1-3-10(8-9)13-5-4-11-14-6-7-15-11/h1-3,6-8,13H,4-5H2. The number of benzene rings is 1. The van der Waals surface area contributed by atoms with Gasteiger partial charge in [0, 0.05) is 35.3 Å². The number of hydrogen-bond acceptors (Lipinski definition) is 3. The molecule has 0 radical (unpaired) electrons. The zero-order valence-electron chi connectivity index (χ0n) is 8.11. The van der Waals surface area contributed by atoms with E-state index in [1.165, 1.54) is 0 Å². The second-order valence-electron chi connectivity index (χ2n) is 3.11. The lowest BCUT2D eigenvalue weighted by Crippen LogP contribution is -2.04. The molecule has 1 N–H and O–H groups in total. The Morgan fingerprint density at radius 2 is 2.33 bits per heavy atom. The molecule has 0 bridgehead atoms. The van der Waals surface area contributed by atoms with Crippen molar-refractivity contribution in [2.45, 2.75) is 6.42 Å². The van der Waals surface area contributed by atoms with E-state index in [4.69, 9.17) is 11.6 Å². The summed E-state index contributed by atoms with van der Waals surface area (Å²) in [4.78, 5) is 4.22. The van der Waals surface area contributed by atoms with Crippen LogP contribution in [0.4, 0.5) is 5.69 Å². The molecule has 2 nitrogen and oxygen atoms in total. The van der Waals surface area contributed by atoms with Crippen LogP contribution in [-0.2, 0) is 6.42 Å². The van der Waals surface area contributed by atoms with E-state index in [0.29, 0.717) is 0 Å². The fourth-order valence-electron chi connectivity index (χ4n) is 1.29. The minimum absolute atomic E-state index is 0.759. The summed E-state index contributed by atoms with van der Waals surface area (Å²) in [5.41, 5.74) is 1.05. The van der Waals surface area contributed by atoms with Gasteiger partial charge < -0.3 is 5.32 Å². The predicted octanol–water partition coefficient (Wildman–Crippen LogP) is 3.45. The van der Waals surface area contributed by atoms with Crippen LogP contribution in [0.3, 0.4) is 0 Å². The van der Waals surface area contributed by atoms with Crippen LogP contribution in [0, 0.1) is 0 Å². The van der Waals surface area contributed by atoms with Crippen LogP contribution in [-0.4, -0.2) is 11.5 Å². The molecule has 0 spiro atoms. The molecule has 0 amide bonds. The molecule has 0 fully saturated rings. The zero-order valence-corrected chi connectivity index (χ0v) is 9.68. The van der Waals surface area contributed by atoms with Crippen molar-refractivity contribution in [3.63, 3.8) is 0 Å². The van der Waals surface area contributed by atoms with Crippen LogP contribution in [0.1, 0.15) is 5.01 Å². The van der Waals surface area contributed by atoms with Crippen molar-refractivity contribution in [2.24, 2.45) is 0 Å². The Hall–Kier alpha value is -1.06. The Bertz CT molecular complexity index is 414. The highest BCUT2D eigenvalue weighted by atomic mass is 35.5. The topological polar surface area (TPSA) is 24.9 Å². The quantitative estimate of drug-likeness (QED) is 0.883. The van der Waals surface area contributed by atoms with E-state index in [1.807, 2.05) is 35.8 Å². The minimum Gasteiger partial charge on any atom is -0.385 e. The minimum atomic E-state index is 0.759. The summed E-state index contributed by atoms with van der Waals surface area (Å²) in [6.07, 6.45) is 2.78. The van der Waals surface area contributed by atoms with Gasteiger partial charge >= 0.3 is 0 Å². The van der Waals surface area contributed by atoms with Crippen molar-refractivity contribution in [3.8, 4) is 0 Å². The van der Waals surface area contributed by atoms with Gasteiger partial charge in [0.2, 0.25) is 0 Å². The van der Waals surface area contributed by atoms with Gasteiger partial charge in [-0.25, -0.2) is 4.98 Å². The molecule has 1 aromatic heterocycles. The van der Waals surface area contributed by atoms with Crippen molar-refractivity contribution < 1.29 is 0 Å². The molecule has 0 saturated carbocycles. The van der Waals surface area contributed by atoms with Crippen LogP contribution in [0.15, 0.2) is 35.8 Å². The number of aromatic nitrogens is 1. The first kappa shape index (κ1) is 10.5. The van der Waals surface area contributed by atoms with Gasteiger partial charge in [0.05, 0.1) is 5.01 Å². The molecular formula is C11H11ClN2S. The average molecular weight is 239 g/mol. The fourth-order valence-corrected chi connectivity index (χ4v) is 2.10. The maximum atomic E-state index is 5.87. The second-order valence-corrected chi connectivity index (χ2v) is 4.53. The normalized spacial score (nSPS) is 10.2. The highest BCUT2D eigenvalue weighted by Crippen LogP contribution is 2.15. The molecule has 2 rings (SSSR count). The Morgan fingerprint density at radius 3 is 3.07 bits per heavy atom. The molecule has 0 aliphatic rings. The summed E-state index contributed by atoms with van der Waals surface area (Å²) < 4.78 is 0. The number of thiazole rings is 1. The van der Waals surface area contributed by atoms with E-state index in [9.17, 15) is 0 Å². The van der Waals surface area contributed by atoms with E-state index in [0.717, 1.165) is 28.7 Å². The Balaban J connectivity index is 1.83. The highest BCUT2D eigenvalue weighted by Gasteiger charge is 1.96. The number of nitrogens with one attached hydrogen (secondary N) is 1. The maximum absolute atomic E-state index is 5.87. The number of hydrogen-bond donors (Lipinski definition) is 1. The lowest BCUT2D eigenvalue weighted by atomic mass is 10.3. The molecule has 2 aromatic rings. The first-order valence-corrected chi connectivity index (χ1v) is 5.98. The smallest absolute Gasteiger partial charge is 0.0942 e. The van der Waals surface area contributed by atoms with Gasteiger partial charge in [-0.05, 0) is 18.2 Å². The SMILES string of the molecule is Clc1cccc(NCCc2nccs2)c1. The van der Waals surface area contributed by atoms with Crippen molar-refractivity contribution in [3.05, 3.63) is 45.9 Å². The lowest BCUT2D eigenvalue weighted by Gasteiger charge is -2.04. The second kappa shape index (κ2) is 5.14. The van der Waals surface area contributed by atoms with Gasteiger partial charge in [0.15, 0.2) is 0 Å². The van der Waals surface area contributed by atoms with Crippen LogP contribution in [0.25, 0.3) is 0 Å². The van der Waals surface area contributed by atoms with E-state index in [1.54, 1.807) is 11.3 Å². The molecule has 0 atom stereocenters. The van der Waals surface area contributed by atoms with Crippen LogP contribution in [0.5, 0.6) is 0 Å². The predicted molar refractivity (Wildman–Crippen MR) is 65.8 cm³/mol. The molecule has 0 aliphatic heterocycles. The van der Waals surface area contributed by atoms with E-state index >= 15 is 0 Å². The molecule has 0 unspecified atom stereocenters. The number of anilines is 1. The largest absolute Gasteiger partial charge is 0.385 e. The third kappa shape index (κ3) is 3.22. The molecule has 15 heavy (non-hydrogen) atoms. The summed E-state index contributed by atoms with van der Waals surface area (Å²) >= 11 is 7.56. The van der Waals surface area contributed by atoms with E-state index < -0.39 is 0 Å². The third-order valence-corrected chi connectivity index (χ3v) is 3.05. The Kier molecular flexibility index (Phi) is 3.59. The monoisotopic (exact) mass is 238 g/mol. The molecule has 78 valence electrons. The number of rotatable bonds is 4. The summed E-state index contributed by atoms with van der Waals surface area (Å²) in [6.45, 7) is 0.883. The molecule has 4 heteroatoms. The van der Waals surface area contributed by atoms with Crippen molar-refractivity contribution >= 4 is 28.6 Å². The Labute approximate surface area is 97.9 Å². The maximum Gasteiger partial charge on any atom is 0.0942 e. The van der Waals surface area contributed by atoms with Crippen LogP contribution < -0.4 is 5.32 Å². The van der Waals surface area contributed by atoms with Gasteiger partial charge in [-0.1, -0.05) is 17.7 Å². The average Bonchev–Trinajstić information content (AvgIpc) is 2.71. The van der Waals surface area contributed by atoms with Gasteiger partial charge in [-0.3, -0.25) is 0 Å². The zero-order chi connectivity index (χ0) is 10.5. The van der Waals surface area contributed by atoms with E-state index in [-0.39, 0.29) is 0 Å². The molecule has 1 heterocycles. The Morgan fingerprint density at radius 1 is 1.40 bits per heavy atom. The third-order valence-electron chi connectivity index (χ3n) is 1.98. The van der Waals surface area contributed by atoms with Gasteiger partial charge in [-0.15, -0.1) is 11.3 Å². The molecule has 1 aromatic carbocycles. The molecule has 0 aliphatic carbocycles. The molecule has 0 saturated heterocycles. The van der Waals surface area contributed by atoms with Crippen LogP contribution in [0.2, 0.25) is 5.02 Å². The van der Waals surface area contributed by atoms with Gasteiger partial charge in [-0.2, -0.15) is 0 Å². The van der Waals surface area contributed by atoms with Gasteiger partial charge in [0.25, 0.3) is 0 Å². The number of nitrogens with zero attached hydrogens (tertiary/aromatic N) is 1. The summed E-state index contributed by atoms with van der Waals surface area (Å²) in [7, 11) is 0. The number of halogens is 1. The summed E-state index contributed by atoms with van der Waals surface area (Å²) in [5, 5.41) is 7.22. The fraction of sp³-hybridized carbons (Fsp3) is 0.182. The summed E-state index contributed by atoms with van der Waals surface area (Å²) in [5.74, 6) is 0. The van der Waals surface area contributed by atoms with Crippen molar-refractivity contribution in [1.29, 1.82) is 0 Å². The lowest BCUT2D eigenvalue weighted by molar-refractivity contribution is 0.998. The summed E-state index contributed by atoms with van der Waals surface area (Å²) in [6, 6.07) is 7.73.